The van der Waals surface area contributed by atoms with Gasteiger partial charge in [0.15, 0.2) is 5.15 Å². The Morgan fingerprint density at radius 1 is 1.24 bits per heavy atom. The molecule has 5 aromatic rings. The highest BCUT2D eigenvalue weighted by Gasteiger charge is 2.30. The summed E-state index contributed by atoms with van der Waals surface area (Å²) in [6.45, 7) is 2.34. The highest BCUT2D eigenvalue weighted by Crippen LogP contribution is 2.35. The quantitative estimate of drug-likeness (QED) is 0.273. The van der Waals surface area contributed by atoms with Gasteiger partial charge in [0.05, 0.1) is 29.7 Å². The highest BCUT2D eigenvalue weighted by atomic mass is 35.5. The number of carbonyl (C=O) groups is 1. The third-order valence-electron chi connectivity index (χ3n) is 6.98. The largest absolute Gasteiger partial charge is 0.411 e. The molecule has 1 atom stereocenters. The van der Waals surface area contributed by atoms with Crippen molar-refractivity contribution >= 4 is 17.7 Å². The number of methoxy groups -OCH3 is 1. The van der Waals surface area contributed by atoms with Crippen LogP contribution in [0.4, 0.5) is 4.79 Å². The molecule has 15 heteroatoms. The zero-order chi connectivity index (χ0) is 29.4. The van der Waals surface area contributed by atoms with Crippen molar-refractivity contribution in [1.29, 1.82) is 0 Å². The number of aromatic amines is 1. The first-order valence-electron chi connectivity index (χ1n) is 13.0. The van der Waals surface area contributed by atoms with Crippen LogP contribution >= 0.6 is 11.6 Å². The second kappa shape index (κ2) is 11.1. The van der Waals surface area contributed by atoms with E-state index in [1.165, 1.54) is 18.6 Å². The van der Waals surface area contributed by atoms with Crippen LogP contribution in [0.15, 0.2) is 47.7 Å². The van der Waals surface area contributed by atoms with Crippen molar-refractivity contribution in [2.24, 2.45) is 5.73 Å². The number of hydrogen-bond acceptors (Lipinski definition) is 10. The number of rotatable bonds is 8. The van der Waals surface area contributed by atoms with Gasteiger partial charge in [-0.25, -0.2) is 19.7 Å². The lowest BCUT2D eigenvalue weighted by molar-refractivity contribution is 0.198. The zero-order valence-electron chi connectivity index (χ0n) is 22.6. The number of hydrogen-bond donors (Lipinski definition) is 2. The zero-order valence-corrected chi connectivity index (χ0v) is 23.4. The number of nitrogens with one attached hydrogen (secondary N) is 1. The van der Waals surface area contributed by atoms with Gasteiger partial charge in [0, 0.05) is 48.9 Å². The van der Waals surface area contributed by atoms with E-state index in [1.54, 1.807) is 22.4 Å². The van der Waals surface area contributed by atoms with Gasteiger partial charge in [0.1, 0.15) is 18.0 Å². The minimum absolute atomic E-state index is 0.0918. The molecule has 0 saturated carbocycles. The summed E-state index contributed by atoms with van der Waals surface area (Å²) < 4.78 is 13.4. The first kappa shape index (κ1) is 27.2. The number of carbonyl (C=O) groups excluding carboxylic acids is 1. The van der Waals surface area contributed by atoms with E-state index in [0.717, 1.165) is 11.1 Å². The lowest BCUT2D eigenvalue weighted by Gasteiger charge is -2.14. The second-order valence-corrected chi connectivity index (χ2v) is 10.1. The van der Waals surface area contributed by atoms with Crippen LogP contribution in [0.2, 0.25) is 5.15 Å². The standard InChI is InChI=1S/C27H25ClN10O4/c1-14-3-4-19(37-13-31-35-36-37)17(9-14)18-11-22(39)38-20(5-6-21(38)32-18)25-33-23(24(28)34-25)16-10-15(7-8-41-2)26(30-12-16)42-27(29)40/h3-4,9-13,20H,5-8H2,1-2H3,(H2,29,40)(H,33,34)/t20-/m0/s1. The number of tetrazole rings is 1. The van der Waals surface area contributed by atoms with Gasteiger partial charge >= 0.3 is 6.09 Å². The Morgan fingerprint density at radius 3 is 2.86 bits per heavy atom. The molecule has 1 aliphatic rings. The molecule has 0 radical (unpaired) electrons. The molecular weight excluding hydrogens is 564 g/mol. The lowest BCUT2D eigenvalue weighted by atomic mass is 10.1. The molecule has 5 heterocycles. The van der Waals surface area contributed by atoms with E-state index in [9.17, 15) is 9.59 Å². The Bertz CT molecular complexity index is 1850. The first-order chi connectivity index (χ1) is 20.3. The molecule has 0 saturated heterocycles. The molecule has 0 spiro atoms. The number of ether oxygens (including phenoxy) is 2. The summed E-state index contributed by atoms with van der Waals surface area (Å²) in [6.07, 6.45) is 3.63. The molecule has 214 valence electrons. The maximum absolute atomic E-state index is 13.5. The maximum atomic E-state index is 13.5. The van der Waals surface area contributed by atoms with Crippen LogP contribution in [-0.2, 0) is 17.6 Å². The SMILES string of the molecule is COCCc1cc(-c2[nH]c([C@@H]3CCc4nc(-c5cc(C)ccc5-n5cnnn5)cc(=O)n43)nc2Cl)cnc1OC(N)=O. The Morgan fingerprint density at radius 2 is 2.10 bits per heavy atom. The predicted molar refractivity (Wildman–Crippen MR) is 150 cm³/mol. The summed E-state index contributed by atoms with van der Waals surface area (Å²) in [7, 11) is 1.57. The van der Waals surface area contributed by atoms with Gasteiger partial charge in [0.2, 0.25) is 5.88 Å². The van der Waals surface area contributed by atoms with Gasteiger partial charge < -0.3 is 20.2 Å². The maximum Gasteiger partial charge on any atom is 0.411 e. The lowest BCUT2D eigenvalue weighted by Crippen LogP contribution is -2.25. The molecule has 4 aromatic heterocycles. The van der Waals surface area contributed by atoms with Gasteiger partial charge in [-0.1, -0.05) is 23.2 Å². The molecule has 14 nitrogen and oxygen atoms in total. The summed E-state index contributed by atoms with van der Waals surface area (Å²) in [5.41, 5.74) is 9.72. The van der Waals surface area contributed by atoms with Gasteiger partial charge in [-0.05, 0) is 42.0 Å². The van der Waals surface area contributed by atoms with Crippen molar-refractivity contribution in [2.45, 2.75) is 32.2 Å². The minimum Gasteiger partial charge on any atom is -0.391 e. The van der Waals surface area contributed by atoms with E-state index in [2.05, 4.69) is 30.5 Å². The van der Waals surface area contributed by atoms with E-state index < -0.39 is 12.1 Å². The fourth-order valence-corrected chi connectivity index (χ4v) is 5.35. The average molecular weight is 589 g/mol. The fourth-order valence-electron chi connectivity index (χ4n) is 5.10. The number of fused-ring (bicyclic) bond motifs is 1. The Kier molecular flexibility index (Phi) is 7.22. The Balaban J connectivity index is 1.35. The molecule has 1 aromatic carbocycles. The molecule has 1 aliphatic heterocycles. The number of pyridine rings is 1. The van der Waals surface area contributed by atoms with Crippen LogP contribution in [0.5, 0.6) is 5.88 Å². The van der Waals surface area contributed by atoms with Crippen molar-refractivity contribution in [1.82, 2.24) is 44.7 Å². The van der Waals surface area contributed by atoms with Gasteiger partial charge in [-0.15, -0.1) is 5.10 Å². The van der Waals surface area contributed by atoms with Crippen molar-refractivity contribution in [3.05, 3.63) is 81.1 Å². The van der Waals surface area contributed by atoms with Crippen molar-refractivity contribution in [2.75, 3.05) is 13.7 Å². The highest BCUT2D eigenvalue weighted by molar-refractivity contribution is 6.31. The van der Waals surface area contributed by atoms with E-state index in [0.29, 0.717) is 65.7 Å². The van der Waals surface area contributed by atoms with Crippen LogP contribution in [0, 0.1) is 6.92 Å². The summed E-state index contributed by atoms with van der Waals surface area (Å²) in [5, 5.41) is 11.7. The number of imidazole rings is 1. The van der Waals surface area contributed by atoms with Gasteiger partial charge in [-0.3, -0.25) is 9.36 Å². The van der Waals surface area contributed by atoms with Crippen LogP contribution < -0.4 is 16.0 Å². The molecule has 0 unspecified atom stereocenters. The monoisotopic (exact) mass is 588 g/mol. The van der Waals surface area contributed by atoms with E-state index in [-0.39, 0.29) is 16.6 Å². The number of amides is 1. The number of nitrogens with two attached hydrogens (primary N) is 1. The summed E-state index contributed by atoms with van der Waals surface area (Å²) in [4.78, 5) is 41.8. The summed E-state index contributed by atoms with van der Waals surface area (Å²) in [5.74, 6) is 1.25. The number of halogens is 1. The van der Waals surface area contributed by atoms with Crippen LogP contribution in [-0.4, -0.2) is 64.5 Å². The van der Waals surface area contributed by atoms with Crippen LogP contribution in [0.1, 0.15) is 35.2 Å². The Hall–Kier alpha value is -4.95. The Labute approximate surface area is 243 Å². The topological polar surface area (TPSA) is 182 Å². The van der Waals surface area contributed by atoms with Gasteiger partial charge in [0.25, 0.3) is 5.56 Å². The molecule has 1 amide bonds. The first-order valence-corrected chi connectivity index (χ1v) is 13.4. The second-order valence-electron chi connectivity index (χ2n) is 9.74. The normalized spacial score (nSPS) is 14.2. The van der Waals surface area contributed by atoms with Gasteiger partial charge in [-0.2, -0.15) is 4.68 Å². The van der Waals surface area contributed by atoms with E-state index >= 15 is 0 Å². The molecule has 0 aliphatic carbocycles. The number of nitrogens with zero attached hydrogens (tertiary/aromatic N) is 8. The molecule has 0 bridgehead atoms. The van der Waals surface area contributed by atoms with Crippen LogP contribution in [0.3, 0.4) is 0 Å². The molecule has 3 N–H and O–H groups in total. The number of H-pyrrole nitrogens is 1. The molecule has 42 heavy (non-hydrogen) atoms. The third-order valence-corrected chi connectivity index (χ3v) is 7.26. The number of aryl methyl sites for hydroxylation is 2. The average Bonchev–Trinajstić information content (AvgIpc) is 3.72. The van der Waals surface area contributed by atoms with Crippen LogP contribution in [0.25, 0.3) is 28.2 Å². The van der Waals surface area contributed by atoms with E-state index in [4.69, 9.17) is 31.8 Å². The number of aromatic nitrogens is 9. The summed E-state index contributed by atoms with van der Waals surface area (Å²) >= 11 is 6.57. The molecule has 6 rings (SSSR count). The molecular formula is C27H25ClN10O4. The fraction of sp³-hybridized carbons (Fsp3) is 0.259. The minimum atomic E-state index is -0.966. The molecule has 0 fully saturated rings. The van der Waals surface area contributed by atoms with Crippen molar-refractivity contribution in [3.8, 4) is 34.1 Å². The van der Waals surface area contributed by atoms with Crippen molar-refractivity contribution < 1.29 is 14.3 Å². The van der Waals surface area contributed by atoms with E-state index in [1.807, 2.05) is 25.1 Å². The third kappa shape index (κ3) is 5.12. The smallest absolute Gasteiger partial charge is 0.391 e. The summed E-state index contributed by atoms with van der Waals surface area (Å²) in [6, 6.07) is 8.69. The number of benzene rings is 1. The number of primary amides is 1. The predicted octanol–water partition coefficient (Wildman–Crippen LogP) is 2.81. The van der Waals surface area contributed by atoms with Crippen molar-refractivity contribution in [3.63, 3.8) is 0 Å².